The van der Waals surface area contributed by atoms with Crippen molar-refractivity contribution in [3.05, 3.63) is 36.0 Å². The van der Waals surface area contributed by atoms with Gasteiger partial charge in [-0.25, -0.2) is 0 Å². The maximum Gasteiger partial charge on any atom is 0.267 e. The number of hydrogen-bond donors (Lipinski definition) is 1. The first-order valence-corrected chi connectivity index (χ1v) is 10.1. The Morgan fingerprint density at radius 3 is 2.52 bits per heavy atom. The maximum absolute atomic E-state index is 12.8. The molecule has 146 valence electrons. The first-order valence-electron chi connectivity index (χ1n) is 10.1. The molecule has 2 aromatic heterocycles. The summed E-state index contributed by atoms with van der Waals surface area (Å²) in [6.07, 6.45) is 0.971. The number of fused-ring (bicyclic) bond motifs is 3. The van der Waals surface area contributed by atoms with E-state index in [2.05, 4.69) is 66.7 Å². The predicted molar refractivity (Wildman–Crippen MR) is 114 cm³/mol. The Morgan fingerprint density at radius 1 is 1.15 bits per heavy atom. The van der Waals surface area contributed by atoms with Gasteiger partial charge in [0.05, 0.1) is 16.6 Å². The highest BCUT2D eigenvalue weighted by molar-refractivity contribution is 6.10. The van der Waals surface area contributed by atoms with Gasteiger partial charge >= 0.3 is 0 Å². The second-order valence-electron chi connectivity index (χ2n) is 7.44. The highest BCUT2D eigenvalue weighted by atomic mass is 16.1. The van der Waals surface area contributed by atoms with Crippen LogP contribution in [-0.2, 0) is 7.05 Å². The van der Waals surface area contributed by atoms with Gasteiger partial charge in [-0.1, -0.05) is 32.0 Å². The predicted octanol–water partition coefficient (Wildman–Crippen LogP) is 4.18. The Balaban J connectivity index is 1.84. The van der Waals surface area contributed by atoms with Crippen molar-refractivity contribution >= 4 is 27.8 Å². The molecule has 0 fully saturated rings. The minimum Gasteiger partial charge on any atom is -0.351 e. The van der Waals surface area contributed by atoms with E-state index in [1.165, 1.54) is 10.9 Å². The van der Waals surface area contributed by atoms with Gasteiger partial charge in [0.2, 0.25) is 0 Å². The average molecular weight is 369 g/mol. The number of aryl methyl sites for hydroxylation is 1. The minimum atomic E-state index is 0.00707. The molecule has 0 saturated heterocycles. The van der Waals surface area contributed by atoms with Crippen LogP contribution in [0.15, 0.2) is 30.3 Å². The summed E-state index contributed by atoms with van der Waals surface area (Å²) in [4.78, 5) is 15.2. The van der Waals surface area contributed by atoms with Gasteiger partial charge in [-0.05, 0) is 52.0 Å². The summed E-state index contributed by atoms with van der Waals surface area (Å²) in [7, 11) is 1.99. The van der Waals surface area contributed by atoms with Crippen LogP contribution in [0.3, 0.4) is 0 Å². The lowest BCUT2D eigenvalue weighted by Crippen LogP contribution is -2.30. The normalized spacial score (nSPS) is 12.0. The van der Waals surface area contributed by atoms with Crippen LogP contribution < -0.4 is 5.32 Å². The van der Waals surface area contributed by atoms with Gasteiger partial charge in [0, 0.05) is 25.0 Å². The first kappa shape index (κ1) is 19.5. The lowest BCUT2D eigenvalue weighted by Gasteiger charge is -2.17. The fourth-order valence-corrected chi connectivity index (χ4v) is 4.01. The number of aromatic nitrogens is 2. The number of nitrogens with zero attached hydrogens (tertiary/aromatic N) is 3. The van der Waals surface area contributed by atoms with Crippen molar-refractivity contribution in [1.82, 2.24) is 19.4 Å². The molecule has 1 aromatic carbocycles. The molecule has 0 radical (unpaired) electrons. The van der Waals surface area contributed by atoms with E-state index in [1.54, 1.807) is 0 Å². The Labute approximate surface area is 161 Å². The molecule has 1 amide bonds. The molecule has 2 heterocycles. The topological polar surface area (TPSA) is 42.2 Å². The van der Waals surface area contributed by atoms with Crippen LogP contribution in [-0.4, -0.2) is 46.1 Å². The van der Waals surface area contributed by atoms with Crippen molar-refractivity contribution < 1.29 is 4.79 Å². The Hall–Kier alpha value is -2.27. The van der Waals surface area contributed by atoms with E-state index in [4.69, 9.17) is 0 Å². The van der Waals surface area contributed by atoms with Crippen molar-refractivity contribution in [3.8, 4) is 0 Å². The van der Waals surface area contributed by atoms with Gasteiger partial charge in [-0.2, -0.15) is 0 Å². The molecule has 1 N–H and O–H groups in total. The van der Waals surface area contributed by atoms with Crippen LogP contribution in [0.5, 0.6) is 0 Å². The highest BCUT2D eigenvalue weighted by Crippen LogP contribution is 2.33. The molecule has 27 heavy (non-hydrogen) atoms. The van der Waals surface area contributed by atoms with E-state index in [-0.39, 0.29) is 5.91 Å². The highest BCUT2D eigenvalue weighted by Gasteiger charge is 2.20. The number of nitrogens with one attached hydrogen (secondary N) is 1. The Morgan fingerprint density at radius 2 is 1.85 bits per heavy atom. The molecule has 0 aliphatic carbocycles. The lowest BCUT2D eigenvalue weighted by molar-refractivity contribution is 0.0944. The summed E-state index contributed by atoms with van der Waals surface area (Å²) in [5.41, 5.74) is 4.21. The third-order valence-corrected chi connectivity index (χ3v) is 5.47. The quantitative estimate of drug-likeness (QED) is 0.606. The summed E-state index contributed by atoms with van der Waals surface area (Å²) < 4.78 is 4.36. The number of carbonyl (C=O) groups excluding carboxylic acids is 1. The maximum atomic E-state index is 12.8. The van der Waals surface area contributed by atoms with E-state index in [1.807, 2.05) is 17.7 Å². The van der Waals surface area contributed by atoms with Crippen LogP contribution in [0.2, 0.25) is 0 Å². The molecule has 3 rings (SSSR count). The fourth-order valence-electron chi connectivity index (χ4n) is 4.01. The summed E-state index contributed by atoms with van der Waals surface area (Å²) in [5.74, 6) is 0.00707. The second kappa shape index (κ2) is 8.17. The summed E-state index contributed by atoms with van der Waals surface area (Å²) in [6.45, 7) is 12.6. The van der Waals surface area contributed by atoms with E-state index in [0.717, 1.165) is 42.8 Å². The van der Waals surface area contributed by atoms with Gasteiger partial charge in [-0.3, -0.25) is 4.79 Å². The average Bonchev–Trinajstić information content (AvgIpc) is 3.16. The molecule has 0 bridgehead atoms. The molecule has 0 saturated carbocycles. The van der Waals surface area contributed by atoms with Crippen LogP contribution in [0, 0.1) is 0 Å². The van der Waals surface area contributed by atoms with Gasteiger partial charge in [0.1, 0.15) is 5.69 Å². The summed E-state index contributed by atoms with van der Waals surface area (Å²) in [6, 6.07) is 10.8. The van der Waals surface area contributed by atoms with Gasteiger partial charge < -0.3 is 19.4 Å². The van der Waals surface area contributed by atoms with Crippen molar-refractivity contribution in [1.29, 1.82) is 0 Å². The van der Waals surface area contributed by atoms with E-state index in [0.29, 0.717) is 12.6 Å². The standard InChI is InChI=1S/C22H32N4O/c1-6-25(7-2)14-10-13-23-22(27)20-15-19-21(24(20)5)17-11-8-9-12-18(17)26(19)16(3)4/h8-9,11-12,15-16H,6-7,10,13-14H2,1-5H3,(H,23,27). The molecule has 5 heteroatoms. The number of carbonyl (C=O) groups is 1. The van der Waals surface area contributed by atoms with Gasteiger partial charge in [0.25, 0.3) is 5.91 Å². The SMILES string of the molecule is CCN(CC)CCCNC(=O)c1cc2c(c3ccccc3n2C(C)C)n1C. The van der Waals surface area contributed by atoms with Crippen LogP contribution in [0.4, 0.5) is 0 Å². The summed E-state index contributed by atoms with van der Waals surface area (Å²) in [5, 5.41) is 4.29. The van der Waals surface area contributed by atoms with Crippen molar-refractivity contribution in [2.75, 3.05) is 26.2 Å². The molecular formula is C22H32N4O. The molecule has 0 spiro atoms. The zero-order chi connectivity index (χ0) is 19.6. The zero-order valence-corrected chi connectivity index (χ0v) is 17.2. The van der Waals surface area contributed by atoms with Crippen molar-refractivity contribution in [3.63, 3.8) is 0 Å². The molecule has 3 aromatic rings. The molecule has 5 nitrogen and oxygen atoms in total. The number of para-hydroxylation sites is 1. The lowest BCUT2D eigenvalue weighted by atomic mass is 10.2. The van der Waals surface area contributed by atoms with Crippen molar-refractivity contribution in [2.24, 2.45) is 7.05 Å². The van der Waals surface area contributed by atoms with Crippen LogP contribution in [0.25, 0.3) is 21.9 Å². The number of amides is 1. The Kier molecular flexibility index (Phi) is 5.90. The minimum absolute atomic E-state index is 0.00707. The zero-order valence-electron chi connectivity index (χ0n) is 17.2. The smallest absolute Gasteiger partial charge is 0.267 e. The summed E-state index contributed by atoms with van der Waals surface area (Å²) >= 11 is 0. The molecule has 0 atom stereocenters. The second-order valence-corrected chi connectivity index (χ2v) is 7.44. The molecule has 0 aliphatic heterocycles. The monoisotopic (exact) mass is 368 g/mol. The molecule has 0 unspecified atom stereocenters. The number of rotatable bonds is 8. The largest absolute Gasteiger partial charge is 0.351 e. The van der Waals surface area contributed by atoms with E-state index >= 15 is 0 Å². The third-order valence-electron chi connectivity index (χ3n) is 5.47. The fraction of sp³-hybridized carbons (Fsp3) is 0.500. The van der Waals surface area contributed by atoms with E-state index < -0.39 is 0 Å². The van der Waals surface area contributed by atoms with Crippen molar-refractivity contribution in [2.45, 2.75) is 40.2 Å². The number of hydrogen-bond acceptors (Lipinski definition) is 2. The molecular weight excluding hydrogens is 336 g/mol. The van der Waals surface area contributed by atoms with Crippen LogP contribution in [0.1, 0.15) is 50.6 Å². The molecule has 0 aliphatic rings. The van der Waals surface area contributed by atoms with Crippen LogP contribution >= 0.6 is 0 Å². The third kappa shape index (κ3) is 3.61. The number of benzene rings is 1. The van der Waals surface area contributed by atoms with E-state index in [9.17, 15) is 4.79 Å². The Bertz CT molecular complexity index is 931. The van der Waals surface area contributed by atoms with Gasteiger partial charge in [-0.15, -0.1) is 0 Å². The first-order chi connectivity index (χ1) is 13.0. The van der Waals surface area contributed by atoms with Gasteiger partial charge in [0.15, 0.2) is 0 Å².